The summed E-state index contributed by atoms with van der Waals surface area (Å²) < 4.78 is 33.9. The largest absolute Gasteiger partial charge is 0.493 e. The third-order valence-corrected chi connectivity index (χ3v) is 6.12. The first-order valence-corrected chi connectivity index (χ1v) is 12.4. The summed E-state index contributed by atoms with van der Waals surface area (Å²) in [6, 6.07) is 9.54. The number of nitrogens with one attached hydrogen (secondary N) is 1. The number of anilines is 1. The van der Waals surface area contributed by atoms with E-state index in [4.69, 9.17) is 9.47 Å². The second kappa shape index (κ2) is 10.0. The molecule has 9 heteroatoms. The predicted octanol–water partition coefficient (Wildman–Crippen LogP) is 3.13. The molecular formula is C23H28N2O6S. The summed E-state index contributed by atoms with van der Waals surface area (Å²) in [5.74, 6) is -0.0414. The average molecular weight is 461 g/mol. The van der Waals surface area contributed by atoms with Gasteiger partial charge >= 0.3 is 0 Å². The molecule has 1 N–H and O–H groups in total. The normalized spacial score (nSPS) is 14.0. The van der Waals surface area contributed by atoms with E-state index >= 15 is 0 Å². The van der Waals surface area contributed by atoms with Gasteiger partial charge in [-0.3, -0.25) is 9.59 Å². The number of rotatable bonds is 7. The number of ether oxygens (including phenoxy) is 2. The van der Waals surface area contributed by atoms with Crippen LogP contribution in [-0.4, -0.2) is 58.7 Å². The number of carbonyl (C=O) groups excluding carboxylic acids is 2. The molecule has 0 saturated carbocycles. The molecule has 3 rings (SSSR count). The van der Waals surface area contributed by atoms with Gasteiger partial charge < -0.3 is 19.7 Å². The maximum absolute atomic E-state index is 13.2. The molecule has 0 atom stereocenters. The highest BCUT2D eigenvalue weighted by Crippen LogP contribution is 2.34. The molecule has 1 aliphatic rings. The van der Waals surface area contributed by atoms with Gasteiger partial charge in [-0.15, -0.1) is 0 Å². The summed E-state index contributed by atoms with van der Waals surface area (Å²) in [5, 5.41) is 2.79. The molecule has 0 radical (unpaired) electrons. The van der Waals surface area contributed by atoms with Crippen LogP contribution in [0.4, 0.5) is 5.69 Å². The Morgan fingerprint density at radius 1 is 1.00 bits per heavy atom. The van der Waals surface area contributed by atoms with Gasteiger partial charge in [0, 0.05) is 31.0 Å². The van der Waals surface area contributed by atoms with E-state index in [0.717, 1.165) is 25.5 Å². The second-order valence-electron chi connectivity index (χ2n) is 7.83. The van der Waals surface area contributed by atoms with Crippen LogP contribution in [-0.2, 0) is 15.6 Å². The molecule has 1 fully saturated rings. The highest BCUT2D eigenvalue weighted by Gasteiger charge is 2.24. The topological polar surface area (TPSA) is 102 Å². The molecule has 0 spiro atoms. The summed E-state index contributed by atoms with van der Waals surface area (Å²) in [5.41, 5.74) is 1.41. The van der Waals surface area contributed by atoms with Crippen molar-refractivity contribution >= 4 is 27.3 Å². The molecule has 2 aromatic carbocycles. The first kappa shape index (κ1) is 23.6. The molecule has 0 bridgehead atoms. The quantitative estimate of drug-likeness (QED) is 0.681. The van der Waals surface area contributed by atoms with Crippen molar-refractivity contribution in [3.8, 4) is 11.5 Å². The predicted molar refractivity (Wildman–Crippen MR) is 122 cm³/mol. The van der Waals surface area contributed by atoms with E-state index in [1.165, 1.54) is 20.3 Å². The van der Waals surface area contributed by atoms with E-state index in [1.807, 2.05) is 0 Å². The molecule has 2 amide bonds. The first-order chi connectivity index (χ1) is 15.2. The molecule has 1 aliphatic heterocycles. The SMILES string of the molecule is COc1cc(NC(=O)c2cccc(CS(C)(=O)=O)c2)c(C(=O)N2CCCCC2)cc1OC. The number of piperidine rings is 1. The van der Waals surface area contributed by atoms with Crippen molar-refractivity contribution in [1.82, 2.24) is 4.90 Å². The van der Waals surface area contributed by atoms with Crippen molar-refractivity contribution in [2.75, 3.05) is 38.9 Å². The molecule has 172 valence electrons. The zero-order valence-corrected chi connectivity index (χ0v) is 19.3. The fourth-order valence-corrected chi connectivity index (χ4v) is 4.51. The number of likely N-dealkylation sites (tertiary alicyclic amines) is 1. The standard InChI is InChI=1S/C23H28N2O6S/c1-30-20-13-18(23(27)25-10-5-4-6-11-25)19(14-21(20)31-2)24-22(26)17-9-7-8-16(12-17)15-32(3,28)29/h7-9,12-14H,4-6,10-11,15H2,1-3H3,(H,24,26). The van der Waals surface area contributed by atoms with Crippen LogP contribution < -0.4 is 14.8 Å². The Morgan fingerprint density at radius 2 is 1.66 bits per heavy atom. The fourth-order valence-electron chi connectivity index (χ4n) is 3.73. The van der Waals surface area contributed by atoms with Crippen molar-refractivity contribution in [3.63, 3.8) is 0 Å². The van der Waals surface area contributed by atoms with E-state index in [9.17, 15) is 18.0 Å². The minimum absolute atomic E-state index is 0.164. The molecular weight excluding hydrogens is 432 g/mol. The Morgan fingerprint density at radius 3 is 2.28 bits per heavy atom. The van der Waals surface area contributed by atoms with E-state index in [2.05, 4.69) is 5.32 Å². The molecule has 1 saturated heterocycles. The number of nitrogens with zero attached hydrogens (tertiary/aromatic N) is 1. The van der Waals surface area contributed by atoms with Gasteiger partial charge in [0.2, 0.25) is 0 Å². The fraction of sp³-hybridized carbons (Fsp3) is 0.391. The number of amides is 2. The Kier molecular flexibility index (Phi) is 7.40. The number of hydrogen-bond donors (Lipinski definition) is 1. The lowest BCUT2D eigenvalue weighted by atomic mass is 10.1. The Labute approximate surface area is 188 Å². The van der Waals surface area contributed by atoms with Crippen LogP contribution in [0.15, 0.2) is 36.4 Å². The van der Waals surface area contributed by atoms with Crippen molar-refractivity contribution in [2.45, 2.75) is 25.0 Å². The van der Waals surface area contributed by atoms with Crippen LogP contribution in [0.3, 0.4) is 0 Å². The Balaban J connectivity index is 1.94. The van der Waals surface area contributed by atoms with Crippen LogP contribution in [0.2, 0.25) is 0 Å². The van der Waals surface area contributed by atoms with Gasteiger partial charge in [-0.2, -0.15) is 0 Å². The Hall–Kier alpha value is -3.07. The first-order valence-electron chi connectivity index (χ1n) is 10.3. The van der Waals surface area contributed by atoms with E-state index < -0.39 is 15.7 Å². The van der Waals surface area contributed by atoms with Crippen molar-refractivity contribution in [1.29, 1.82) is 0 Å². The zero-order chi connectivity index (χ0) is 23.3. The maximum Gasteiger partial charge on any atom is 0.256 e. The van der Waals surface area contributed by atoms with Crippen LogP contribution >= 0.6 is 0 Å². The van der Waals surface area contributed by atoms with Gasteiger partial charge in [0.1, 0.15) is 0 Å². The lowest BCUT2D eigenvalue weighted by Gasteiger charge is -2.28. The monoisotopic (exact) mass is 460 g/mol. The number of sulfone groups is 1. The summed E-state index contributed by atoms with van der Waals surface area (Å²) >= 11 is 0. The molecule has 0 aliphatic carbocycles. The minimum atomic E-state index is -3.24. The maximum atomic E-state index is 13.2. The lowest BCUT2D eigenvalue weighted by molar-refractivity contribution is 0.0725. The van der Waals surface area contributed by atoms with Crippen LogP contribution in [0.5, 0.6) is 11.5 Å². The van der Waals surface area contributed by atoms with Crippen molar-refractivity contribution in [3.05, 3.63) is 53.1 Å². The number of methoxy groups -OCH3 is 2. The molecule has 0 aromatic heterocycles. The van der Waals surface area contributed by atoms with Gasteiger partial charge in [-0.05, 0) is 43.0 Å². The van der Waals surface area contributed by atoms with Gasteiger partial charge in [-0.1, -0.05) is 12.1 Å². The van der Waals surface area contributed by atoms with Crippen molar-refractivity contribution in [2.24, 2.45) is 0 Å². The van der Waals surface area contributed by atoms with Crippen LogP contribution in [0, 0.1) is 0 Å². The highest BCUT2D eigenvalue weighted by atomic mass is 32.2. The second-order valence-corrected chi connectivity index (χ2v) is 9.97. The Bertz CT molecular complexity index is 1110. The lowest BCUT2D eigenvalue weighted by Crippen LogP contribution is -2.36. The number of hydrogen-bond acceptors (Lipinski definition) is 6. The molecule has 32 heavy (non-hydrogen) atoms. The van der Waals surface area contributed by atoms with Crippen LogP contribution in [0.1, 0.15) is 45.5 Å². The summed E-state index contributed by atoms with van der Waals surface area (Å²) in [6.07, 6.45) is 4.10. The zero-order valence-electron chi connectivity index (χ0n) is 18.5. The smallest absolute Gasteiger partial charge is 0.256 e. The van der Waals surface area contributed by atoms with Crippen molar-refractivity contribution < 1.29 is 27.5 Å². The summed E-state index contributed by atoms with van der Waals surface area (Å²) in [7, 11) is -0.277. The molecule has 0 unspecified atom stereocenters. The van der Waals surface area contributed by atoms with Gasteiger partial charge in [0.25, 0.3) is 11.8 Å². The minimum Gasteiger partial charge on any atom is -0.493 e. The number of benzene rings is 2. The van der Waals surface area contributed by atoms with Gasteiger partial charge in [0.05, 0.1) is 31.2 Å². The average Bonchev–Trinajstić information content (AvgIpc) is 2.77. The molecule has 8 nitrogen and oxygen atoms in total. The molecule has 1 heterocycles. The van der Waals surface area contributed by atoms with Gasteiger partial charge in [0.15, 0.2) is 21.3 Å². The third kappa shape index (κ3) is 5.79. The molecule has 2 aromatic rings. The highest BCUT2D eigenvalue weighted by molar-refractivity contribution is 7.89. The summed E-state index contributed by atoms with van der Waals surface area (Å²) in [6.45, 7) is 1.32. The van der Waals surface area contributed by atoms with Gasteiger partial charge in [-0.25, -0.2) is 8.42 Å². The number of carbonyl (C=O) groups is 2. The summed E-state index contributed by atoms with van der Waals surface area (Å²) in [4.78, 5) is 28.0. The van der Waals surface area contributed by atoms with E-state index in [-0.39, 0.29) is 17.2 Å². The van der Waals surface area contributed by atoms with Crippen LogP contribution in [0.25, 0.3) is 0 Å². The van der Waals surface area contributed by atoms with E-state index in [1.54, 1.807) is 35.2 Å². The van der Waals surface area contributed by atoms with E-state index in [0.29, 0.717) is 41.4 Å². The third-order valence-electron chi connectivity index (χ3n) is 5.26.